The molecule has 1 fully saturated rings. The molecular weight excluding hydrogens is 417 g/mol. The molecule has 1 heterocycles. The van der Waals surface area contributed by atoms with E-state index in [2.05, 4.69) is 10.6 Å². The van der Waals surface area contributed by atoms with Crippen LogP contribution < -0.4 is 0 Å². The van der Waals surface area contributed by atoms with Gasteiger partial charge in [0.2, 0.25) is 11.8 Å². The van der Waals surface area contributed by atoms with Gasteiger partial charge in [0.15, 0.2) is 0 Å². The van der Waals surface area contributed by atoms with E-state index < -0.39 is 0 Å². The molecule has 0 saturated heterocycles. The van der Waals surface area contributed by atoms with E-state index in [1.165, 1.54) is 18.6 Å². The minimum atomic E-state index is -0.243. The van der Waals surface area contributed by atoms with Gasteiger partial charge in [-0.05, 0) is 56.0 Å². The Kier molecular flexibility index (Phi) is 9.10. The standard InChI is InChI=1S/C27H38FN3O2/c1-4-21(3)30(26(32)5-2)20-27(33)31(24-10-7-6-8-11-24)19-25-12-9-17-29(25)18-22-13-15-23(28)16-14-22/h9,12-17,21,24H,4-8,10-11,18-20H2,1-3H3. The number of rotatable bonds is 10. The Balaban J connectivity index is 1.80. The molecule has 1 unspecified atom stereocenters. The predicted molar refractivity (Wildman–Crippen MR) is 129 cm³/mol. The quantitative estimate of drug-likeness (QED) is 0.483. The van der Waals surface area contributed by atoms with Gasteiger partial charge in [-0.15, -0.1) is 0 Å². The molecule has 3 rings (SSSR count). The van der Waals surface area contributed by atoms with E-state index in [1.807, 2.05) is 37.9 Å². The highest BCUT2D eigenvalue weighted by Crippen LogP contribution is 2.25. The second-order valence-corrected chi connectivity index (χ2v) is 9.20. The van der Waals surface area contributed by atoms with E-state index in [1.54, 1.807) is 17.0 Å². The van der Waals surface area contributed by atoms with Crippen molar-refractivity contribution >= 4 is 11.8 Å². The molecule has 33 heavy (non-hydrogen) atoms. The Morgan fingerprint density at radius 3 is 2.39 bits per heavy atom. The zero-order valence-electron chi connectivity index (χ0n) is 20.3. The third-order valence-corrected chi connectivity index (χ3v) is 6.91. The van der Waals surface area contributed by atoms with Crippen LogP contribution in [0.4, 0.5) is 4.39 Å². The summed E-state index contributed by atoms with van der Waals surface area (Å²) in [5.41, 5.74) is 2.07. The maximum Gasteiger partial charge on any atom is 0.242 e. The number of halogens is 1. The first-order chi connectivity index (χ1) is 15.9. The van der Waals surface area contributed by atoms with Gasteiger partial charge in [0.1, 0.15) is 12.4 Å². The van der Waals surface area contributed by atoms with Crippen molar-refractivity contribution in [2.45, 2.75) is 90.9 Å². The number of amides is 2. The molecule has 2 aromatic rings. The lowest BCUT2D eigenvalue weighted by Gasteiger charge is -2.37. The number of benzene rings is 1. The molecule has 1 aromatic heterocycles. The van der Waals surface area contributed by atoms with Gasteiger partial charge in [-0.2, -0.15) is 0 Å². The minimum Gasteiger partial charge on any atom is -0.345 e. The average molecular weight is 456 g/mol. The molecular formula is C27H38FN3O2. The van der Waals surface area contributed by atoms with Crippen LogP contribution in [0.3, 0.4) is 0 Å². The zero-order valence-corrected chi connectivity index (χ0v) is 20.3. The normalized spacial score (nSPS) is 15.3. The molecule has 1 saturated carbocycles. The van der Waals surface area contributed by atoms with Crippen molar-refractivity contribution in [3.8, 4) is 0 Å². The van der Waals surface area contributed by atoms with Gasteiger partial charge in [-0.25, -0.2) is 4.39 Å². The number of nitrogens with zero attached hydrogens (tertiary/aromatic N) is 3. The second-order valence-electron chi connectivity index (χ2n) is 9.20. The molecule has 6 heteroatoms. The Bertz CT molecular complexity index is 902. The van der Waals surface area contributed by atoms with Gasteiger partial charge in [0.25, 0.3) is 0 Å². The molecule has 0 N–H and O–H groups in total. The van der Waals surface area contributed by atoms with E-state index in [0.29, 0.717) is 19.5 Å². The summed E-state index contributed by atoms with van der Waals surface area (Å²) in [4.78, 5) is 29.9. The van der Waals surface area contributed by atoms with Gasteiger partial charge in [-0.1, -0.05) is 45.2 Å². The highest BCUT2D eigenvalue weighted by Gasteiger charge is 2.29. The smallest absolute Gasteiger partial charge is 0.242 e. The topological polar surface area (TPSA) is 45.6 Å². The first-order valence-electron chi connectivity index (χ1n) is 12.4. The molecule has 0 radical (unpaired) electrons. The monoisotopic (exact) mass is 455 g/mol. The number of hydrogen-bond acceptors (Lipinski definition) is 2. The molecule has 1 aliphatic rings. The van der Waals surface area contributed by atoms with Gasteiger partial charge < -0.3 is 14.4 Å². The van der Waals surface area contributed by atoms with E-state index in [4.69, 9.17) is 0 Å². The van der Waals surface area contributed by atoms with Gasteiger partial charge >= 0.3 is 0 Å². The molecule has 0 bridgehead atoms. The summed E-state index contributed by atoms with van der Waals surface area (Å²) in [6.07, 6.45) is 8.73. The van der Waals surface area contributed by atoms with Crippen molar-refractivity contribution in [2.24, 2.45) is 0 Å². The molecule has 2 amide bonds. The lowest BCUT2D eigenvalue weighted by Crippen LogP contribution is -2.49. The number of hydrogen-bond donors (Lipinski definition) is 0. The number of aromatic nitrogens is 1. The van der Waals surface area contributed by atoms with Crippen LogP contribution in [0.25, 0.3) is 0 Å². The third kappa shape index (κ3) is 6.68. The van der Waals surface area contributed by atoms with Crippen molar-refractivity contribution < 1.29 is 14.0 Å². The van der Waals surface area contributed by atoms with E-state index in [0.717, 1.165) is 43.4 Å². The Morgan fingerprint density at radius 2 is 1.76 bits per heavy atom. The van der Waals surface area contributed by atoms with Gasteiger partial charge in [0.05, 0.1) is 6.54 Å². The first-order valence-corrected chi connectivity index (χ1v) is 12.4. The fourth-order valence-corrected chi connectivity index (χ4v) is 4.67. The molecule has 1 aromatic carbocycles. The summed E-state index contributed by atoms with van der Waals surface area (Å²) >= 11 is 0. The van der Waals surface area contributed by atoms with Crippen molar-refractivity contribution in [1.82, 2.24) is 14.4 Å². The molecule has 180 valence electrons. The fourth-order valence-electron chi connectivity index (χ4n) is 4.67. The Labute approximate surface area is 197 Å². The molecule has 0 spiro atoms. The first kappa shape index (κ1) is 25.0. The molecule has 1 aliphatic carbocycles. The summed E-state index contributed by atoms with van der Waals surface area (Å²) in [6, 6.07) is 10.8. The molecule has 5 nitrogen and oxygen atoms in total. The SMILES string of the molecule is CCC(=O)N(CC(=O)N(Cc1cccn1Cc1ccc(F)cc1)C1CCCCC1)C(C)CC. The third-order valence-electron chi connectivity index (χ3n) is 6.91. The second kappa shape index (κ2) is 12.0. The van der Waals surface area contributed by atoms with Crippen molar-refractivity contribution in [1.29, 1.82) is 0 Å². The van der Waals surface area contributed by atoms with E-state index in [9.17, 15) is 14.0 Å². The van der Waals surface area contributed by atoms with E-state index in [-0.39, 0.29) is 36.3 Å². The lowest BCUT2D eigenvalue weighted by molar-refractivity contribution is -0.144. The van der Waals surface area contributed by atoms with Crippen molar-refractivity contribution in [3.63, 3.8) is 0 Å². The van der Waals surface area contributed by atoms with E-state index >= 15 is 0 Å². The van der Waals surface area contributed by atoms with Crippen molar-refractivity contribution in [2.75, 3.05) is 6.54 Å². The summed E-state index contributed by atoms with van der Waals surface area (Å²) in [5.74, 6) is -0.187. The highest BCUT2D eigenvalue weighted by molar-refractivity contribution is 5.85. The van der Waals surface area contributed by atoms with Crippen LogP contribution in [-0.2, 0) is 22.7 Å². The van der Waals surface area contributed by atoms with Gasteiger partial charge in [0, 0.05) is 36.9 Å². The highest BCUT2D eigenvalue weighted by atomic mass is 19.1. The maximum absolute atomic E-state index is 13.6. The van der Waals surface area contributed by atoms with Crippen LogP contribution in [0, 0.1) is 5.82 Å². The molecule has 0 aliphatic heterocycles. The summed E-state index contributed by atoms with van der Waals surface area (Å²) < 4.78 is 15.4. The number of carbonyl (C=O) groups excluding carboxylic acids is 2. The zero-order chi connectivity index (χ0) is 23.8. The summed E-state index contributed by atoms with van der Waals surface area (Å²) in [5, 5.41) is 0. The fraction of sp³-hybridized carbons (Fsp3) is 0.556. The average Bonchev–Trinajstić information content (AvgIpc) is 3.28. The number of carbonyl (C=O) groups is 2. The van der Waals surface area contributed by atoms with Crippen LogP contribution >= 0.6 is 0 Å². The van der Waals surface area contributed by atoms with Crippen LogP contribution in [0.2, 0.25) is 0 Å². The van der Waals surface area contributed by atoms with Crippen molar-refractivity contribution in [3.05, 3.63) is 59.7 Å². The largest absolute Gasteiger partial charge is 0.345 e. The van der Waals surface area contributed by atoms with Crippen LogP contribution in [0.1, 0.15) is 77.0 Å². The maximum atomic E-state index is 13.6. The van der Waals surface area contributed by atoms with Crippen LogP contribution in [-0.4, -0.2) is 44.8 Å². The Morgan fingerprint density at radius 1 is 1.06 bits per heavy atom. The van der Waals surface area contributed by atoms with Gasteiger partial charge in [-0.3, -0.25) is 9.59 Å². The minimum absolute atomic E-state index is 0.0264. The summed E-state index contributed by atoms with van der Waals surface area (Å²) in [7, 11) is 0. The summed E-state index contributed by atoms with van der Waals surface area (Å²) in [6.45, 7) is 7.20. The van der Waals surface area contributed by atoms with Crippen LogP contribution in [0.15, 0.2) is 42.6 Å². The molecule has 1 atom stereocenters. The lowest BCUT2D eigenvalue weighted by atomic mass is 9.94. The van der Waals surface area contributed by atoms with Crippen LogP contribution in [0.5, 0.6) is 0 Å². The Hall–Kier alpha value is -2.63. The predicted octanol–water partition coefficient (Wildman–Crippen LogP) is 5.37.